The molecule has 1 N–H and O–H groups in total. The van der Waals surface area contributed by atoms with E-state index in [1.165, 1.54) is 11.1 Å². The number of ether oxygens (including phenoxy) is 1. The first-order chi connectivity index (χ1) is 9.78. The standard InChI is InChI=1S/C16H23N3O/c1-4-17-12-14-10-15(20-3)7-6-13(14)11-16-18-8-9-19(16)5-2/h6-10,17H,4-5,11-12H2,1-3H3. The normalized spacial score (nSPS) is 10.8. The number of nitrogens with one attached hydrogen (secondary N) is 1. The molecule has 0 amide bonds. The Morgan fingerprint density at radius 3 is 2.80 bits per heavy atom. The molecule has 0 radical (unpaired) electrons. The van der Waals surface area contributed by atoms with Crippen LogP contribution in [-0.4, -0.2) is 23.2 Å². The van der Waals surface area contributed by atoms with Crippen molar-refractivity contribution in [3.05, 3.63) is 47.5 Å². The van der Waals surface area contributed by atoms with Gasteiger partial charge in [-0.1, -0.05) is 13.0 Å². The van der Waals surface area contributed by atoms with E-state index >= 15 is 0 Å². The number of aromatic nitrogens is 2. The van der Waals surface area contributed by atoms with E-state index in [1.807, 2.05) is 18.5 Å². The third kappa shape index (κ3) is 3.39. The van der Waals surface area contributed by atoms with Gasteiger partial charge in [-0.2, -0.15) is 0 Å². The molecule has 0 fully saturated rings. The second kappa shape index (κ2) is 7.10. The second-order valence-corrected chi connectivity index (χ2v) is 4.72. The van der Waals surface area contributed by atoms with E-state index in [0.29, 0.717) is 0 Å². The van der Waals surface area contributed by atoms with Gasteiger partial charge in [-0.3, -0.25) is 0 Å². The minimum Gasteiger partial charge on any atom is -0.497 e. The van der Waals surface area contributed by atoms with Crippen LogP contribution in [0.25, 0.3) is 0 Å². The van der Waals surface area contributed by atoms with Gasteiger partial charge in [0.25, 0.3) is 0 Å². The monoisotopic (exact) mass is 273 g/mol. The van der Waals surface area contributed by atoms with Gasteiger partial charge < -0.3 is 14.6 Å². The van der Waals surface area contributed by atoms with E-state index in [9.17, 15) is 0 Å². The van der Waals surface area contributed by atoms with Crippen LogP contribution in [0.1, 0.15) is 30.8 Å². The largest absolute Gasteiger partial charge is 0.497 e. The van der Waals surface area contributed by atoms with Crippen molar-refractivity contribution in [2.24, 2.45) is 0 Å². The summed E-state index contributed by atoms with van der Waals surface area (Å²) in [4.78, 5) is 4.46. The zero-order valence-electron chi connectivity index (χ0n) is 12.5. The van der Waals surface area contributed by atoms with E-state index < -0.39 is 0 Å². The number of methoxy groups -OCH3 is 1. The molecule has 0 spiro atoms. The Morgan fingerprint density at radius 1 is 1.25 bits per heavy atom. The number of hydrogen-bond donors (Lipinski definition) is 1. The van der Waals surface area contributed by atoms with Gasteiger partial charge in [0, 0.05) is 31.9 Å². The summed E-state index contributed by atoms with van der Waals surface area (Å²) in [7, 11) is 1.70. The number of hydrogen-bond acceptors (Lipinski definition) is 3. The quantitative estimate of drug-likeness (QED) is 0.843. The van der Waals surface area contributed by atoms with Crippen molar-refractivity contribution >= 4 is 0 Å². The van der Waals surface area contributed by atoms with Crippen molar-refractivity contribution in [1.29, 1.82) is 0 Å². The number of nitrogens with zero attached hydrogens (tertiary/aromatic N) is 2. The predicted octanol–water partition coefficient (Wildman–Crippen LogP) is 2.61. The van der Waals surface area contributed by atoms with Gasteiger partial charge in [-0.15, -0.1) is 0 Å². The minimum atomic E-state index is 0.853. The third-order valence-electron chi connectivity index (χ3n) is 3.47. The Hall–Kier alpha value is -1.81. The molecule has 4 heteroatoms. The smallest absolute Gasteiger partial charge is 0.119 e. The zero-order valence-corrected chi connectivity index (χ0v) is 12.5. The molecule has 2 aromatic rings. The summed E-state index contributed by atoms with van der Waals surface area (Å²) >= 11 is 0. The van der Waals surface area contributed by atoms with Crippen LogP contribution in [0.4, 0.5) is 0 Å². The molecule has 1 aromatic carbocycles. The van der Waals surface area contributed by atoms with E-state index in [-0.39, 0.29) is 0 Å². The lowest BCUT2D eigenvalue weighted by molar-refractivity contribution is 0.414. The summed E-state index contributed by atoms with van der Waals surface area (Å²) in [5, 5.41) is 3.38. The highest BCUT2D eigenvalue weighted by Gasteiger charge is 2.08. The first-order valence-corrected chi connectivity index (χ1v) is 7.15. The number of rotatable bonds is 7. The molecule has 0 aliphatic carbocycles. The number of aryl methyl sites for hydroxylation is 1. The maximum absolute atomic E-state index is 5.32. The van der Waals surface area contributed by atoms with Crippen LogP contribution in [0.15, 0.2) is 30.6 Å². The van der Waals surface area contributed by atoms with Gasteiger partial charge in [0.05, 0.1) is 7.11 Å². The molecule has 0 atom stereocenters. The fraction of sp³-hybridized carbons (Fsp3) is 0.438. The van der Waals surface area contributed by atoms with E-state index in [1.54, 1.807) is 7.11 Å². The van der Waals surface area contributed by atoms with Crippen LogP contribution in [-0.2, 0) is 19.5 Å². The zero-order chi connectivity index (χ0) is 14.4. The van der Waals surface area contributed by atoms with Crippen molar-refractivity contribution in [3.63, 3.8) is 0 Å². The van der Waals surface area contributed by atoms with Crippen molar-refractivity contribution in [2.75, 3.05) is 13.7 Å². The SMILES string of the molecule is CCNCc1cc(OC)ccc1Cc1nccn1CC. The van der Waals surface area contributed by atoms with Crippen LogP contribution in [0.2, 0.25) is 0 Å². The molecule has 108 valence electrons. The van der Waals surface area contributed by atoms with E-state index in [4.69, 9.17) is 4.74 Å². The lowest BCUT2D eigenvalue weighted by Gasteiger charge is -2.12. The molecule has 0 unspecified atom stereocenters. The molecule has 0 bridgehead atoms. The molecule has 1 heterocycles. The summed E-state index contributed by atoms with van der Waals surface area (Å²) in [6.07, 6.45) is 4.75. The van der Waals surface area contributed by atoms with Gasteiger partial charge in [0.2, 0.25) is 0 Å². The van der Waals surface area contributed by atoms with Crippen LogP contribution in [0.5, 0.6) is 5.75 Å². The molecule has 0 aliphatic rings. The summed E-state index contributed by atoms with van der Waals surface area (Å²) in [6, 6.07) is 6.27. The Bertz CT molecular complexity index is 548. The fourth-order valence-corrected chi connectivity index (χ4v) is 2.29. The third-order valence-corrected chi connectivity index (χ3v) is 3.47. The van der Waals surface area contributed by atoms with Crippen molar-refractivity contribution < 1.29 is 4.74 Å². The highest BCUT2D eigenvalue weighted by molar-refractivity contribution is 5.37. The Morgan fingerprint density at radius 2 is 2.10 bits per heavy atom. The second-order valence-electron chi connectivity index (χ2n) is 4.72. The first-order valence-electron chi connectivity index (χ1n) is 7.15. The van der Waals surface area contributed by atoms with Crippen LogP contribution < -0.4 is 10.1 Å². The van der Waals surface area contributed by atoms with Crippen LogP contribution in [0, 0.1) is 0 Å². The van der Waals surface area contributed by atoms with Crippen molar-refractivity contribution in [3.8, 4) is 5.75 Å². The summed E-state index contributed by atoms with van der Waals surface area (Å²) in [5.41, 5.74) is 2.57. The average Bonchev–Trinajstić information content (AvgIpc) is 2.93. The lowest BCUT2D eigenvalue weighted by Crippen LogP contribution is -2.14. The molecule has 0 saturated heterocycles. The molecular weight excluding hydrogens is 250 g/mol. The molecule has 0 saturated carbocycles. The Kier molecular flexibility index (Phi) is 5.18. The highest BCUT2D eigenvalue weighted by atomic mass is 16.5. The topological polar surface area (TPSA) is 39.1 Å². The number of imidazole rings is 1. The maximum atomic E-state index is 5.32. The lowest BCUT2D eigenvalue weighted by atomic mass is 10.0. The highest BCUT2D eigenvalue weighted by Crippen LogP contribution is 2.20. The molecule has 4 nitrogen and oxygen atoms in total. The van der Waals surface area contributed by atoms with Gasteiger partial charge in [0.15, 0.2) is 0 Å². The molecule has 1 aromatic heterocycles. The van der Waals surface area contributed by atoms with Crippen LogP contribution >= 0.6 is 0 Å². The number of benzene rings is 1. The van der Waals surface area contributed by atoms with Gasteiger partial charge in [-0.05, 0) is 36.7 Å². The van der Waals surface area contributed by atoms with Gasteiger partial charge in [0.1, 0.15) is 11.6 Å². The Labute approximate surface area is 120 Å². The minimum absolute atomic E-state index is 0.853. The van der Waals surface area contributed by atoms with E-state index in [0.717, 1.165) is 37.6 Å². The fourth-order valence-electron chi connectivity index (χ4n) is 2.29. The molecular formula is C16H23N3O. The first kappa shape index (κ1) is 14.6. The van der Waals surface area contributed by atoms with Crippen LogP contribution in [0.3, 0.4) is 0 Å². The van der Waals surface area contributed by atoms with Gasteiger partial charge >= 0.3 is 0 Å². The van der Waals surface area contributed by atoms with E-state index in [2.05, 4.69) is 40.8 Å². The predicted molar refractivity (Wildman–Crippen MR) is 81.1 cm³/mol. The summed E-state index contributed by atoms with van der Waals surface area (Å²) < 4.78 is 7.50. The average molecular weight is 273 g/mol. The molecule has 2 rings (SSSR count). The van der Waals surface area contributed by atoms with Gasteiger partial charge in [-0.25, -0.2) is 4.98 Å². The summed E-state index contributed by atoms with van der Waals surface area (Å²) in [6.45, 7) is 7.02. The summed E-state index contributed by atoms with van der Waals surface area (Å²) in [5.74, 6) is 2.01. The molecule has 20 heavy (non-hydrogen) atoms. The Balaban J connectivity index is 2.25. The molecule has 0 aliphatic heterocycles. The van der Waals surface area contributed by atoms with Crippen molar-refractivity contribution in [1.82, 2.24) is 14.9 Å². The maximum Gasteiger partial charge on any atom is 0.119 e. The van der Waals surface area contributed by atoms with Crippen molar-refractivity contribution in [2.45, 2.75) is 33.4 Å².